The number of nitrogens with zero attached hydrogens (tertiary/aromatic N) is 1. The first-order chi connectivity index (χ1) is 6.69. The molecular weight excluding hydrogens is 182 g/mol. The molecule has 0 atom stereocenters. The van der Waals surface area contributed by atoms with Gasteiger partial charge in [0.05, 0.1) is 19.6 Å². The number of rotatable bonds is 2. The van der Waals surface area contributed by atoms with E-state index in [-0.39, 0.29) is 17.7 Å². The van der Waals surface area contributed by atoms with Crippen LogP contribution in [0.2, 0.25) is 0 Å². The van der Waals surface area contributed by atoms with Crippen LogP contribution in [0, 0.1) is 11.3 Å². The van der Waals surface area contributed by atoms with E-state index in [1.807, 2.05) is 6.07 Å². The Balaban J connectivity index is 3.09. The summed E-state index contributed by atoms with van der Waals surface area (Å²) in [5, 5.41) is 17.8. The van der Waals surface area contributed by atoms with Crippen molar-refractivity contribution in [1.82, 2.24) is 0 Å². The maximum absolute atomic E-state index is 11.1. The van der Waals surface area contributed by atoms with E-state index in [1.165, 1.54) is 19.2 Å². The van der Waals surface area contributed by atoms with Crippen LogP contribution in [-0.2, 0) is 11.2 Å². The summed E-state index contributed by atoms with van der Waals surface area (Å²) in [6, 6.07) is 6.36. The summed E-state index contributed by atoms with van der Waals surface area (Å²) in [5.41, 5.74) is 0.756. The van der Waals surface area contributed by atoms with Crippen LogP contribution in [-0.4, -0.2) is 18.2 Å². The van der Waals surface area contributed by atoms with E-state index >= 15 is 0 Å². The highest BCUT2D eigenvalue weighted by Gasteiger charge is 2.11. The standard InChI is InChI=1S/C10H9NO3/c1-14-10(13)8-6-7(4-5-11)2-3-9(8)12/h2-3,6,12H,4H2,1H3. The third-order valence-corrected chi connectivity index (χ3v) is 1.75. The number of ether oxygens (including phenoxy) is 1. The lowest BCUT2D eigenvalue weighted by Gasteiger charge is -2.03. The molecule has 0 bridgehead atoms. The molecule has 0 radical (unpaired) electrons. The molecule has 0 saturated heterocycles. The molecular formula is C10H9NO3. The van der Waals surface area contributed by atoms with Crippen molar-refractivity contribution in [2.45, 2.75) is 6.42 Å². The van der Waals surface area contributed by atoms with Gasteiger partial charge in [0.15, 0.2) is 0 Å². The second kappa shape index (κ2) is 4.28. The van der Waals surface area contributed by atoms with Crippen LogP contribution in [0.15, 0.2) is 18.2 Å². The minimum Gasteiger partial charge on any atom is -0.507 e. The maximum atomic E-state index is 11.1. The van der Waals surface area contributed by atoms with Gasteiger partial charge in [-0.2, -0.15) is 5.26 Å². The molecule has 0 saturated carbocycles. The van der Waals surface area contributed by atoms with E-state index in [2.05, 4.69) is 4.74 Å². The molecule has 1 rings (SSSR count). The molecule has 0 unspecified atom stereocenters. The topological polar surface area (TPSA) is 70.3 Å². The monoisotopic (exact) mass is 191 g/mol. The van der Waals surface area contributed by atoms with Crippen LogP contribution >= 0.6 is 0 Å². The Morgan fingerprint density at radius 1 is 1.64 bits per heavy atom. The predicted molar refractivity (Wildman–Crippen MR) is 48.8 cm³/mol. The molecule has 14 heavy (non-hydrogen) atoms. The van der Waals surface area contributed by atoms with E-state index < -0.39 is 5.97 Å². The van der Waals surface area contributed by atoms with Gasteiger partial charge in [-0.15, -0.1) is 0 Å². The summed E-state index contributed by atoms with van der Waals surface area (Å²) in [4.78, 5) is 11.1. The average molecular weight is 191 g/mol. The Bertz CT molecular complexity index is 393. The molecule has 72 valence electrons. The van der Waals surface area contributed by atoms with Gasteiger partial charge in [0.25, 0.3) is 0 Å². The van der Waals surface area contributed by atoms with Crippen molar-refractivity contribution in [2.75, 3.05) is 7.11 Å². The lowest BCUT2D eigenvalue weighted by atomic mass is 10.1. The molecule has 1 N–H and O–H groups in total. The molecule has 0 amide bonds. The number of phenolic OH excluding ortho intramolecular Hbond substituents is 1. The smallest absolute Gasteiger partial charge is 0.341 e. The van der Waals surface area contributed by atoms with Crippen LogP contribution in [0.4, 0.5) is 0 Å². The molecule has 0 heterocycles. The first kappa shape index (κ1) is 10.1. The normalized spacial score (nSPS) is 9.14. The zero-order valence-corrected chi connectivity index (χ0v) is 7.65. The van der Waals surface area contributed by atoms with E-state index in [0.717, 1.165) is 0 Å². The van der Waals surface area contributed by atoms with Crippen molar-refractivity contribution in [2.24, 2.45) is 0 Å². The summed E-state index contributed by atoms with van der Waals surface area (Å²) in [6.45, 7) is 0. The summed E-state index contributed by atoms with van der Waals surface area (Å²) in [6.07, 6.45) is 0.199. The lowest BCUT2D eigenvalue weighted by molar-refractivity contribution is 0.0597. The Morgan fingerprint density at radius 2 is 2.36 bits per heavy atom. The average Bonchev–Trinajstić information content (AvgIpc) is 2.20. The zero-order valence-electron chi connectivity index (χ0n) is 7.65. The molecule has 0 aliphatic rings. The minimum atomic E-state index is -0.609. The van der Waals surface area contributed by atoms with E-state index in [0.29, 0.717) is 5.56 Å². The highest BCUT2D eigenvalue weighted by Crippen LogP contribution is 2.19. The second-order valence-corrected chi connectivity index (χ2v) is 2.68. The van der Waals surface area contributed by atoms with Crippen molar-refractivity contribution < 1.29 is 14.6 Å². The third-order valence-electron chi connectivity index (χ3n) is 1.75. The highest BCUT2D eigenvalue weighted by atomic mass is 16.5. The highest BCUT2D eigenvalue weighted by molar-refractivity contribution is 5.92. The van der Waals surface area contributed by atoms with Gasteiger partial charge >= 0.3 is 5.97 Å². The van der Waals surface area contributed by atoms with Crippen LogP contribution in [0.5, 0.6) is 5.75 Å². The quantitative estimate of drug-likeness (QED) is 0.714. The first-order valence-corrected chi connectivity index (χ1v) is 3.96. The fraction of sp³-hybridized carbons (Fsp3) is 0.200. The fourth-order valence-corrected chi connectivity index (χ4v) is 1.06. The number of benzene rings is 1. The van der Waals surface area contributed by atoms with Gasteiger partial charge in [-0.25, -0.2) is 4.79 Å². The summed E-state index contributed by atoms with van der Waals surface area (Å²) in [7, 11) is 1.23. The number of nitriles is 1. The summed E-state index contributed by atoms with van der Waals surface area (Å²) >= 11 is 0. The van der Waals surface area contributed by atoms with E-state index in [9.17, 15) is 9.90 Å². The Kier molecular flexibility index (Phi) is 3.08. The molecule has 1 aromatic carbocycles. The van der Waals surface area contributed by atoms with Crippen molar-refractivity contribution in [3.05, 3.63) is 29.3 Å². The van der Waals surface area contributed by atoms with Crippen LogP contribution in [0.1, 0.15) is 15.9 Å². The van der Waals surface area contributed by atoms with E-state index in [1.54, 1.807) is 6.07 Å². The molecule has 1 aromatic rings. The number of esters is 1. The number of carbonyl (C=O) groups excluding carboxylic acids is 1. The van der Waals surface area contributed by atoms with Crippen LogP contribution < -0.4 is 0 Å². The molecule has 4 nitrogen and oxygen atoms in total. The number of carbonyl (C=O) groups is 1. The molecule has 0 aliphatic heterocycles. The maximum Gasteiger partial charge on any atom is 0.341 e. The second-order valence-electron chi connectivity index (χ2n) is 2.68. The molecule has 0 aliphatic carbocycles. The summed E-state index contributed by atoms with van der Waals surface area (Å²) in [5.74, 6) is -0.749. The fourth-order valence-electron chi connectivity index (χ4n) is 1.06. The number of hydrogen-bond donors (Lipinski definition) is 1. The number of methoxy groups -OCH3 is 1. The zero-order chi connectivity index (χ0) is 10.6. The van der Waals surface area contributed by atoms with Gasteiger partial charge in [0, 0.05) is 0 Å². The van der Waals surface area contributed by atoms with Gasteiger partial charge in [0.2, 0.25) is 0 Å². The Morgan fingerprint density at radius 3 is 2.93 bits per heavy atom. The van der Waals surface area contributed by atoms with Crippen LogP contribution in [0.3, 0.4) is 0 Å². The molecule has 4 heteroatoms. The van der Waals surface area contributed by atoms with Crippen molar-refractivity contribution in [3.8, 4) is 11.8 Å². The van der Waals surface area contributed by atoms with Crippen molar-refractivity contribution in [1.29, 1.82) is 5.26 Å². The number of aromatic hydroxyl groups is 1. The van der Waals surface area contributed by atoms with Gasteiger partial charge in [-0.05, 0) is 17.7 Å². The molecule has 0 spiro atoms. The lowest BCUT2D eigenvalue weighted by Crippen LogP contribution is -2.02. The van der Waals surface area contributed by atoms with Gasteiger partial charge in [-0.3, -0.25) is 0 Å². The van der Waals surface area contributed by atoms with Crippen LogP contribution in [0.25, 0.3) is 0 Å². The third kappa shape index (κ3) is 2.02. The van der Waals surface area contributed by atoms with Gasteiger partial charge < -0.3 is 9.84 Å². The van der Waals surface area contributed by atoms with E-state index in [4.69, 9.17) is 5.26 Å². The Hall–Kier alpha value is -2.02. The van der Waals surface area contributed by atoms with Gasteiger partial charge in [0.1, 0.15) is 11.3 Å². The molecule has 0 aromatic heterocycles. The van der Waals surface area contributed by atoms with Crippen molar-refractivity contribution in [3.63, 3.8) is 0 Å². The largest absolute Gasteiger partial charge is 0.507 e. The number of phenols is 1. The predicted octanol–water partition coefficient (Wildman–Crippen LogP) is 1.24. The van der Waals surface area contributed by atoms with Gasteiger partial charge in [-0.1, -0.05) is 6.07 Å². The minimum absolute atomic E-state index is 0.0836. The number of hydrogen-bond acceptors (Lipinski definition) is 4. The SMILES string of the molecule is COC(=O)c1cc(CC#N)ccc1O. The molecule has 0 fully saturated rings. The Labute approximate surface area is 81.4 Å². The first-order valence-electron chi connectivity index (χ1n) is 3.96. The van der Waals surface area contributed by atoms with Crippen molar-refractivity contribution >= 4 is 5.97 Å². The summed E-state index contributed by atoms with van der Waals surface area (Å²) < 4.78 is 4.47.